The van der Waals surface area contributed by atoms with E-state index in [4.69, 9.17) is 5.26 Å². The van der Waals surface area contributed by atoms with Crippen LogP contribution in [0.2, 0.25) is 0 Å². The van der Waals surface area contributed by atoms with E-state index in [1.807, 2.05) is 6.07 Å². The van der Waals surface area contributed by atoms with Gasteiger partial charge in [-0.05, 0) is 37.4 Å². The summed E-state index contributed by atoms with van der Waals surface area (Å²) in [4.78, 5) is 0. The van der Waals surface area contributed by atoms with Crippen LogP contribution < -0.4 is 5.32 Å². The van der Waals surface area contributed by atoms with E-state index in [1.165, 1.54) is 31.7 Å². The third kappa shape index (κ3) is 3.83. The number of nitriles is 1. The van der Waals surface area contributed by atoms with Gasteiger partial charge < -0.3 is 5.32 Å². The van der Waals surface area contributed by atoms with Gasteiger partial charge in [0.15, 0.2) is 0 Å². The van der Waals surface area contributed by atoms with Crippen LogP contribution >= 0.6 is 0 Å². The Morgan fingerprint density at radius 2 is 2.24 bits per heavy atom. The molecule has 2 nitrogen and oxygen atoms in total. The van der Waals surface area contributed by atoms with Crippen molar-refractivity contribution in [3.8, 4) is 6.07 Å². The molecule has 1 saturated carbocycles. The fraction of sp³-hybridized carbons (Fsp3) is 0.500. The van der Waals surface area contributed by atoms with Crippen LogP contribution in [0.3, 0.4) is 0 Å². The highest BCUT2D eigenvalue weighted by molar-refractivity contribution is 5.32. The van der Waals surface area contributed by atoms with Crippen LogP contribution in [0.1, 0.15) is 36.8 Å². The normalized spacial score (nSPS) is 14.6. The van der Waals surface area contributed by atoms with Crippen LogP contribution in [0.5, 0.6) is 0 Å². The minimum atomic E-state index is -0.293. The van der Waals surface area contributed by atoms with Gasteiger partial charge in [-0.3, -0.25) is 0 Å². The fourth-order valence-corrected chi connectivity index (χ4v) is 1.91. The summed E-state index contributed by atoms with van der Waals surface area (Å²) in [5.74, 6) is 0.669. The lowest BCUT2D eigenvalue weighted by atomic mass is 10.1. The van der Waals surface area contributed by atoms with Crippen molar-refractivity contribution in [3.05, 3.63) is 35.1 Å². The third-order valence-corrected chi connectivity index (χ3v) is 3.16. The second-order valence-corrected chi connectivity index (χ2v) is 4.68. The zero-order valence-electron chi connectivity index (χ0n) is 9.88. The Bertz CT molecular complexity index is 419. The summed E-state index contributed by atoms with van der Waals surface area (Å²) in [5, 5.41) is 11.9. The number of rotatable bonds is 6. The molecule has 0 radical (unpaired) electrons. The first-order valence-corrected chi connectivity index (χ1v) is 6.19. The van der Waals surface area contributed by atoms with Gasteiger partial charge in [0.1, 0.15) is 5.82 Å². The average Bonchev–Trinajstić information content (AvgIpc) is 3.14. The second kappa shape index (κ2) is 5.79. The Morgan fingerprint density at radius 3 is 2.88 bits per heavy atom. The third-order valence-electron chi connectivity index (χ3n) is 3.16. The van der Waals surface area contributed by atoms with Crippen molar-refractivity contribution in [3.63, 3.8) is 0 Å². The van der Waals surface area contributed by atoms with Crippen molar-refractivity contribution in [1.29, 1.82) is 5.26 Å². The van der Waals surface area contributed by atoms with Crippen molar-refractivity contribution in [1.82, 2.24) is 5.32 Å². The molecule has 0 saturated heterocycles. The zero-order chi connectivity index (χ0) is 12.1. The Balaban J connectivity index is 1.72. The van der Waals surface area contributed by atoms with E-state index >= 15 is 0 Å². The maximum absolute atomic E-state index is 13.5. The van der Waals surface area contributed by atoms with Crippen LogP contribution in [0.25, 0.3) is 0 Å². The van der Waals surface area contributed by atoms with Gasteiger partial charge in [0.2, 0.25) is 0 Å². The molecule has 0 amide bonds. The van der Waals surface area contributed by atoms with E-state index in [2.05, 4.69) is 5.32 Å². The molecule has 0 atom stereocenters. The predicted molar refractivity (Wildman–Crippen MR) is 64.8 cm³/mol. The van der Waals surface area contributed by atoms with E-state index < -0.39 is 0 Å². The summed E-state index contributed by atoms with van der Waals surface area (Å²) in [7, 11) is 0. The first-order valence-electron chi connectivity index (χ1n) is 6.19. The molecule has 1 fully saturated rings. The SMILES string of the molecule is N#Cc1ccc(CNCCCC2CC2)c(F)c1. The molecule has 0 bridgehead atoms. The molecule has 1 aromatic rings. The summed E-state index contributed by atoms with van der Waals surface area (Å²) in [6.07, 6.45) is 5.25. The van der Waals surface area contributed by atoms with Gasteiger partial charge >= 0.3 is 0 Å². The number of nitrogens with zero attached hydrogens (tertiary/aromatic N) is 1. The van der Waals surface area contributed by atoms with Crippen molar-refractivity contribution in [2.75, 3.05) is 6.54 Å². The van der Waals surface area contributed by atoms with E-state index in [0.717, 1.165) is 12.5 Å². The quantitative estimate of drug-likeness (QED) is 0.765. The van der Waals surface area contributed by atoms with Crippen LogP contribution in [-0.2, 0) is 6.54 Å². The summed E-state index contributed by atoms with van der Waals surface area (Å²) >= 11 is 0. The van der Waals surface area contributed by atoms with Gasteiger partial charge in [-0.25, -0.2) is 4.39 Å². The monoisotopic (exact) mass is 232 g/mol. The Morgan fingerprint density at radius 1 is 1.41 bits per heavy atom. The second-order valence-electron chi connectivity index (χ2n) is 4.68. The first-order chi connectivity index (χ1) is 8.29. The Kier molecular flexibility index (Phi) is 4.11. The lowest BCUT2D eigenvalue weighted by Gasteiger charge is -2.06. The fourth-order valence-electron chi connectivity index (χ4n) is 1.91. The summed E-state index contributed by atoms with van der Waals surface area (Å²) in [5.41, 5.74) is 1.01. The average molecular weight is 232 g/mol. The number of nitrogens with one attached hydrogen (secondary N) is 1. The molecule has 3 heteroatoms. The molecule has 0 aromatic heterocycles. The molecule has 1 aliphatic carbocycles. The zero-order valence-corrected chi connectivity index (χ0v) is 9.88. The van der Waals surface area contributed by atoms with Gasteiger partial charge in [0, 0.05) is 12.1 Å². The predicted octanol–water partition coefficient (Wildman–Crippen LogP) is 2.98. The van der Waals surface area contributed by atoms with Crippen molar-refractivity contribution < 1.29 is 4.39 Å². The molecule has 0 unspecified atom stereocenters. The van der Waals surface area contributed by atoms with E-state index in [1.54, 1.807) is 12.1 Å². The molecule has 0 spiro atoms. The van der Waals surface area contributed by atoms with E-state index in [9.17, 15) is 4.39 Å². The smallest absolute Gasteiger partial charge is 0.129 e. The number of benzene rings is 1. The summed E-state index contributed by atoms with van der Waals surface area (Å²) in [6.45, 7) is 1.48. The summed E-state index contributed by atoms with van der Waals surface area (Å²) < 4.78 is 13.5. The lowest BCUT2D eigenvalue weighted by Crippen LogP contribution is -2.15. The van der Waals surface area contributed by atoms with Crippen molar-refractivity contribution in [2.24, 2.45) is 5.92 Å². The largest absolute Gasteiger partial charge is 0.313 e. The van der Waals surface area contributed by atoms with Crippen LogP contribution in [0, 0.1) is 23.1 Å². The highest BCUT2D eigenvalue weighted by atomic mass is 19.1. The number of halogens is 1. The standard InChI is InChI=1S/C14H17FN2/c15-14-8-12(9-16)5-6-13(14)10-17-7-1-2-11-3-4-11/h5-6,8,11,17H,1-4,7,10H2. The van der Waals surface area contributed by atoms with Crippen molar-refractivity contribution in [2.45, 2.75) is 32.2 Å². The topological polar surface area (TPSA) is 35.8 Å². The Labute approximate surface area is 101 Å². The van der Waals surface area contributed by atoms with Crippen LogP contribution in [0.4, 0.5) is 4.39 Å². The molecule has 2 rings (SSSR count). The number of hydrogen-bond donors (Lipinski definition) is 1. The lowest BCUT2D eigenvalue weighted by molar-refractivity contribution is 0.564. The van der Waals surface area contributed by atoms with Gasteiger partial charge in [-0.1, -0.05) is 18.9 Å². The van der Waals surface area contributed by atoms with Gasteiger partial charge in [-0.15, -0.1) is 0 Å². The highest BCUT2D eigenvalue weighted by Gasteiger charge is 2.19. The van der Waals surface area contributed by atoms with Gasteiger partial charge in [0.25, 0.3) is 0 Å². The highest BCUT2D eigenvalue weighted by Crippen LogP contribution is 2.33. The molecule has 17 heavy (non-hydrogen) atoms. The maximum atomic E-state index is 13.5. The van der Waals surface area contributed by atoms with Gasteiger partial charge in [0.05, 0.1) is 11.6 Å². The summed E-state index contributed by atoms with van der Waals surface area (Å²) in [6, 6.07) is 6.56. The minimum Gasteiger partial charge on any atom is -0.313 e. The van der Waals surface area contributed by atoms with E-state index in [-0.39, 0.29) is 5.82 Å². The Hall–Kier alpha value is -1.40. The molecule has 1 aromatic carbocycles. The molecular weight excluding hydrogens is 215 g/mol. The molecule has 0 heterocycles. The molecule has 1 N–H and O–H groups in total. The van der Waals surface area contributed by atoms with Crippen molar-refractivity contribution >= 4 is 0 Å². The van der Waals surface area contributed by atoms with E-state index in [0.29, 0.717) is 17.7 Å². The van der Waals surface area contributed by atoms with Crippen LogP contribution in [0.15, 0.2) is 18.2 Å². The van der Waals surface area contributed by atoms with Gasteiger partial charge in [-0.2, -0.15) is 5.26 Å². The number of hydrogen-bond acceptors (Lipinski definition) is 2. The molecular formula is C14H17FN2. The van der Waals surface area contributed by atoms with Crippen LogP contribution in [-0.4, -0.2) is 6.54 Å². The maximum Gasteiger partial charge on any atom is 0.129 e. The molecule has 1 aliphatic rings. The minimum absolute atomic E-state index is 0.293. The first kappa shape index (κ1) is 12.1. The molecule has 90 valence electrons. The molecule has 0 aliphatic heterocycles.